The van der Waals surface area contributed by atoms with E-state index in [0.29, 0.717) is 6.42 Å². The second-order valence-corrected chi connectivity index (χ2v) is 8.61. The molecule has 0 aliphatic heterocycles. The molecule has 3 aromatic rings. The van der Waals surface area contributed by atoms with Gasteiger partial charge in [0, 0.05) is 23.6 Å². The fraction of sp³-hybridized carbons (Fsp3) is 0.235. The van der Waals surface area contributed by atoms with Crippen molar-refractivity contribution in [2.24, 2.45) is 0 Å². The predicted octanol–water partition coefficient (Wildman–Crippen LogP) is 2.87. The van der Waals surface area contributed by atoms with E-state index in [9.17, 15) is 18.3 Å². The Morgan fingerprint density at radius 1 is 1.28 bits per heavy atom. The highest BCUT2D eigenvalue weighted by Gasteiger charge is 2.19. The van der Waals surface area contributed by atoms with Crippen LogP contribution in [0.15, 0.2) is 52.2 Å². The number of nitrogens with zero attached hydrogens (tertiary/aromatic N) is 1. The van der Waals surface area contributed by atoms with Crippen molar-refractivity contribution in [2.75, 3.05) is 6.54 Å². The summed E-state index contributed by atoms with van der Waals surface area (Å²) >= 11 is 1.17. The van der Waals surface area contributed by atoms with Crippen LogP contribution in [0.25, 0.3) is 10.9 Å². The molecule has 0 saturated carbocycles. The summed E-state index contributed by atoms with van der Waals surface area (Å²) in [5.41, 5.74) is 1.74. The Kier molecular flexibility index (Phi) is 4.94. The van der Waals surface area contributed by atoms with Crippen LogP contribution in [0, 0.1) is 0 Å². The van der Waals surface area contributed by atoms with Crippen molar-refractivity contribution in [3.63, 3.8) is 0 Å². The van der Waals surface area contributed by atoms with Gasteiger partial charge in [-0.15, -0.1) is 11.3 Å². The number of aromatic nitrogens is 1. The van der Waals surface area contributed by atoms with Gasteiger partial charge in [-0.3, -0.25) is 0 Å². The van der Waals surface area contributed by atoms with Gasteiger partial charge in [-0.2, -0.15) is 0 Å². The molecule has 2 aromatic heterocycles. The van der Waals surface area contributed by atoms with Crippen molar-refractivity contribution in [3.05, 3.63) is 53.5 Å². The van der Waals surface area contributed by atoms with Gasteiger partial charge in [0.1, 0.15) is 10.3 Å². The average Bonchev–Trinajstić information content (AvgIpc) is 3.23. The van der Waals surface area contributed by atoms with Gasteiger partial charge in [0.25, 0.3) is 0 Å². The number of carbonyl (C=O) groups is 1. The normalized spacial score (nSPS) is 13.2. The minimum atomic E-state index is -3.50. The van der Waals surface area contributed by atoms with E-state index in [2.05, 4.69) is 4.72 Å². The van der Waals surface area contributed by atoms with E-state index in [1.54, 1.807) is 35.2 Å². The molecule has 132 valence electrons. The average molecular weight is 378 g/mol. The number of thiophene rings is 1. The molecular formula is C17H18N2O4S2. The molecule has 1 aromatic carbocycles. The highest BCUT2D eigenvalue weighted by atomic mass is 32.2. The molecule has 6 nitrogen and oxygen atoms in total. The molecule has 1 atom stereocenters. The van der Waals surface area contributed by atoms with Crippen LogP contribution < -0.4 is 4.72 Å². The number of para-hydroxylation sites is 1. The van der Waals surface area contributed by atoms with Crippen LogP contribution in [0.5, 0.6) is 0 Å². The van der Waals surface area contributed by atoms with Crippen LogP contribution in [-0.2, 0) is 21.2 Å². The minimum Gasteiger partial charge on any atom is -0.480 e. The topological polar surface area (TPSA) is 88.4 Å². The molecule has 8 heteroatoms. The maximum absolute atomic E-state index is 12.2. The highest BCUT2D eigenvalue weighted by Crippen LogP contribution is 2.25. The lowest BCUT2D eigenvalue weighted by molar-refractivity contribution is -0.140. The molecule has 0 fully saturated rings. The molecule has 0 saturated heterocycles. The first-order chi connectivity index (χ1) is 11.9. The lowest BCUT2D eigenvalue weighted by Crippen LogP contribution is -2.25. The summed E-state index contributed by atoms with van der Waals surface area (Å²) in [7, 11) is -3.50. The molecule has 2 N–H and O–H groups in total. The number of carboxylic acids is 1. The highest BCUT2D eigenvalue weighted by molar-refractivity contribution is 7.91. The number of aliphatic carboxylic acids is 1. The van der Waals surface area contributed by atoms with Crippen molar-refractivity contribution in [1.82, 2.24) is 9.29 Å². The maximum atomic E-state index is 12.2. The van der Waals surface area contributed by atoms with Crippen LogP contribution in [0.3, 0.4) is 0 Å². The molecule has 0 radical (unpaired) electrons. The van der Waals surface area contributed by atoms with E-state index in [0.717, 1.165) is 16.5 Å². The Balaban J connectivity index is 1.81. The number of fused-ring (bicyclic) bond motifs is 1. The maximum Gasteiger partial charge on any atom is 0.326 e. The van der Waals surface area contributed by atoms with Crippen molar-refractivity contribution in [2.45, 2.75) is 23.6 Å². The minimum absolute atomic E-state index is 0.246. The first kappa shape index (κ1) is 17.7. The molecular weight excluding hydrogens is 360 g/mol. The Labute approximate surface area is 149 Å². The van der Waals surface area contributed by atoms with Crippen molar-refractivity contribution >= 4 is 38.2 Å². The van der Waals surface area contributed by atoms with Gasteiger partial charge in [-0.25, -0.2) is 17.9 Å². The van der Waals surface area contributed by atoms with Gasteiger partial charge in [0.2, 0.25) is 10.0 Å². The Hall–Kier alpha value is -2.16. The molecule has 0 aliphatic rings. The first-order valence-electron chi connectivity index (χ1n) is 7.74. The van der Waals surface area contributed by atoms with E-state index in [1.807, 2.05) is 24.3 Å². The van der Waals surface area contributed by atoms with Crippen LogP contribution in [0.2, 0.25) is 0 Å². The van der Waals surface area contributed by atoms with Crippen LogP contribution in [0.1, 0.15) is 18.5 Å². The summed E-state index contributed by atoms with van der Waals surface area (Å²) < 4.78 is 28.9. The third-order valence-corrected chi connectivity index (χ3v) is 6.90. The SMILES string of the molecule is CC(C(=O)O)n1cc(CCNS(=O)(=O)c2cccs2)c2ccccc21. The summed E-state index contributed by atoms with van der Waals surface area (Å²) in [5, 5.41) is 11.9. The van der Waals surface area contributed by atoms with E-state index < -0.39 is 22.0 Å². The Bertz CT molecular complexity index is 991. The summed E-state index contributed by atoms with van der Waals surface area (Å²) in [6, 6.07) is 10.1. The molecule has 0 bridgehead atoms. The van der Waals surface area contributed by atoms with E-state index in [4.69, 9.17) is 0 Å². The third kappa shape index (κ3) is 3.60. The second-order valence-electron chi connectivity index (χ2n) is 5.67. The molecule has 2 heterocycles. The van der Waals surface area contributed by atoms with Crippen LogP contribution >= 0.6 is 11.3 Å². The lowest BCUT2D eigenvalue weighted by atomic mass is 10.1. The molecule has 0 spiro atoms. The summed E-state index contributed by atoms with van der Waals surface area (Å²) in [5.74, 6) is -0.911. The Morgan fingerprint density at radius 3 is 2.72 bits per heavy atom. The predicted molar refractivity (Wildman–Crippen MR) is 97.5 cm³/mol. The number of hydrogen-bond donors (Lipinski definition) is 2. The van der Waals surface area contributed by atoms with Gasteiger partial charge in [0.05, 0.1) is 0 Å². The second kappa shape index (κ2) is 6.99. The number of carboxylic acid groups (broad SMARTS) is 1. The molecule has 0 aliphatic carbocycles. The Morgan fingerprint density at radius 2 is 2.04 bits per heavy atom. The zero-order valence-corrected chi connectivity index (χ0v) is 15.2. The van der Waals surface area contributed by atoms with E-state index >= 15 is 0 Å². The van der Waals surface area contributed by atoms with Crippen molar-refractivity contribution < 1.29 is 18.3 Å². The molecule has 25 heavy (non-hydrogen) atoms. The van der Waals surface area contributed by atoms with E-state index in [-0.39, 0.29) is 10.8 Å². The standard InChI is InChI=1S/C17H18N2O4S2/c1-12(17(20)21)19-11-13(14-5-2-3-6-15(14)19)8-9-18-25(22,23)16-7-4-10-24-16/h2-7,10-12,18H,8-9H2,1H3,(H,20,21). The van der Waals surface area contributed by atoms with Crippen molar-refractivity contribution in [1.29, 1.82) is 0 Å². The van der Waals surface area contributed by atoms with Crippen LogP contribution in [0.4, 0.5) is 0 Å². The van der Waals surface area contributed by atoms with Gasteiger partial charge in [-0.05, 0) is 36.4 Å². The number of benzene rings is 1. The van der Waals surface area contributed by atoms with Gasteiger partial charge in [0.15, 0.2) is 0 Å². The first-order valence-corrected chi connectivity index (χ1v) is 10.1. The monoisotopic (exact) mass is 378 g/mol. The number of nitrogens with one attached hydrogen (secondary N) is 1. The number of hydrogen-bond acceptors (Lipinski definition) is 4. The van der Waals surface area contributed by atoms with E-state index in [1.165, 1.54) is 11.3 Å². The van der Waals surface area contributed by atoms with Gasteiger partial charge in [-0.1, -0.05) is 24.3 Å². The van der Waals surface area contributed by atoms with Gasteiger partial charge >= 0.3 is 5.97 Å². The zero-order chi connectivity index (χ0) is 18.0. The number of rotatable bonds is 7. The van der Waals surface area contributed by atoms with Gasteiger partial charge < -0.3 is 9.67 Å². The summed E-state index contributed by atoms with van der Waals surface area (Å²) in [6.45, 7) is 1.87. The summed E-state index contributed by atoms with van der Waals surface area (Å²) in [4.78, 5) is 11.3. The third-order valence-electron chi connectivity index (χ3n) is 4.04. The van der Waals surface area contributed by atoms with Crippen molar-refractivity contribution in [3.8, 4) is 0 Å². The molecule has 1 unspecified atom stereocenters. The zero-order valence-electron chi connectivity index (χ0n) is 13.5. The number of sulfonamides is 1. The lowest BCUT2D eigenvalue weighted by Gasteiger charge is -2.09. The fourth-order valence-electron chi connectivity index (χ4n) is 2.72. The summed E-state index contributed by atoms with van der Waals surface area (Å²) in [6.07, 6.45) is 2.27. The molecule has 0 amide bonds. The molecule has 3 rings (SSSR count). The van der Waals surface area contributed by atoms with Crippen LogP contribution in [-0.4, -0.2) is 30.6 Å². The smallest absolute Gasteiger partial charge is 0.326 e. The fourth-order valence-corrected chi connectivity index (χ4v) is 4.79. The quantitative estimate of drug-likeness (QED) is 0.662. The largest absolute Gasteiger partial charge is 0.480 e.